The van der Waals surface area contributed by atoms with E-state index in [4.69, 9.17) is 0 Å². The average Bonchev–Trinajstić information content (AvgIpc) is 2.90. The number of hydrogen-bond acceptors (Lipinski definition) is 3. The highest BCUT2D eigenvalue weighted by Crippen LogP contribution is 2.23. The summed E-state index contributed by atoms with van der Waals surface area (Å²) >= 11 is 0. The average molecular weight is 296 g/mol. The van der Waals surface area contributed by atoms with Crippen LogP contribution >= 0.6 is 0 Å². The molecule has 112 valence electrons. The van der Waals surface area contributed by atoms with Crippen LogP contribution in [0.2, 0.25) is 0 Å². The van der Waals surface area contributed by atoms with Crippen molar-refractivity contribution in [2.45, 2.75) is 26.7 Å². The van der Waals surface area contributed by atoms with Crippen LogP contribution in [0.4, 0.5) is 4.39 Å². The smallest absolute Gasteiger partial charge is 0.131 e. The van der Waals surface area contributed by atoms with Gasteiger partial charge in [0.25, 0.3) is 0 Å². The maximum atomic E-state index is 13.0. The van der Waals surface area contributed by atoms with E-state index in [-0.39, 0.29) is 11.7 Å². The molecule has 0 amide bonds. The molecule has 0 unspecified atom stereocenters. The van der Waals surface area contributed by atoms with Crippen molar-refractivity contribution in [2.24, 2.45) is 0 Å². The van der Waals surface area contributed by atoms with Gasteiger partial charge in [-0.15, -0.1) is 0 Å². The van der Waals surface area contributed by atoms with E-state index in [9.17, 15) is 4.39 Å². The molecule has 0 atom stereocenters. The summed E-state index contributed by atoms with van der Waals surface area (Å²) in [6, 6.07) is 8.13. The van der Waals surface area contributed by atoms with Gasteiger partial charge < -0.3 is 0 Å². The molecule has 0 saturated carbocycles. The van der Waals surface area contributed by atoms with E-state index in [1.807, 2.05) is 19.2 Å². The van der Waals surface area contributed by atoms with Crippen LogP contribution < -0.4 is 0 Å². The van der Waals surface area contributed by atoms with Crippen LogP contribution in [0.3, 0.4) is 0 Å². The van der Waals surface area contributed by atoms with Crippen molar-refractivity contribution in [3.05, 3.63) is 60.1 Å². The molecule has 0 fully saturated rings. The third-order valence-corrected chi connectivity index (χ3v) is 3.46. The number of nitrogens with zero attached hydrogens (tertiary/aromatic N) is 4. The molecule has 0 aliphatic heterocycles. The quantitative estimate of drug-likeness (QED) is 0.736. The fourth-order valence-electron chi connectivity index (χ4n) is 2.24. The van der Waals surface area contributed by atoms with Crippen molar-refractivity contribution >= 4 is 0 Å². The van der Waals surface area contributed by atoms with Crippen LogP contribution in [0.25, 0.3) is 16.9 Å². The molecule has 0 bridgehead atoms. The Morgan fingerprint density at radius 2 is 1.82 bits per heavy atom. The van der Waals surface area contributed by atoms with Crippen molar-refractivity contribution in [1.29, 1.82) is 0 Å². The molecule has 3 rings (SSSR count). The molecule has 0 aliphatic rings. The van der Waals surface area contributed by atoms with Crippen molar-refractivity contribution in [3.63, 3.8) is 0 Å². The second kappa shape index (κ2) is 5.67. The number of aromatic nitrogens is 4. The molecule has 1 aromatic carbocycles. The molecule has 4 nitrogen and oxygen atoms in total. The van der Waals surface area contributed by atoms with Gasteiger partial charge in [-0.1, -0.05) is 13.8 Å². The number of rotatable bonds is 3. The molecule has 0 radical (unpaired) electrons. The minimum absolute atomic E-state index is 0.259. The van der Waals surface area contributed by atoms with Gasteiger partial charge in [-0.2, -0.15) is 5.10 Å². The summed E-state index contributed by atoms with van der Waals surface area (Å²) in [6.07, 6.45) is 3.68. The number of halogens is 1. The minimum atomic E-state index is -0.259. The summed E-state index contributed by atoms with van der Waals surface area (Å²) in [5, 5.41) is 4.50. The van der Waals surface area contributed by atoms with Crippen molar-refractivity contribution in [3.8, 4) is 16.9 Å². The highest BCUT2D eigenvalue weighted by atomic mass is 19.1. The molecule has 0 spiro atoms. The maximum absolute atomic E-state index is 13.0. The van der Waals surface area contributed by atoms with Crippen molar-refractivity contribution in [1.82, 2.24) is 19.7 Å². The van der Waals surface area contributed by atoms with Crippen LogP contribution in [0.5, 0.6) is 0 Å². The first kappa shape index (κ1) is 14.4. The summed E-state index contributed by atoms with van der Waals surface area (Å²) in [5.74, 6) is 0.823. The maximum Gasteiger partial charge on any atom is 0.131 e. The second-order valence-corrected chi connectivity index (χ2v) is 5.50. The number of benzene rings is 1. The van der Waals surface area contributed by atoms with Crippen LogP contribution in [0.15, 0.2) is 42.7 Å². The summed E-state index contributed by atoms with van der Waals surface area (Å²) < 4.78 is 14.8. The highest BCUT2D eigenvalue weighted by molar-refractivity contribution is 5.61. The molecule has 0 aliphatic carbocycles. The highest BCUT2D eigenvalue weighted by Gasteiger charge is 2.12. The van der Waals surface area contributed by atoms with E-state index in [1.165, 1.54) is 12.1 Å². The van der Waals surface area contributed by atoms with Gasteiger partial charge in [-0.25, -0.2) is 19.0 Å². The Labute approximate surface area is 128 Å². The van der Waals surface area contributed by atoms with Crippen LogP contribution in [0, 0.1) is 12.7 Å². The van der Waals surface area contributed by atoms with Gasteiger partial charge in [0.15, 0.2) is 0 Å². The molecule has 5 heteroatoms. The first-order valence-electron chi connectivity index (χ1n) is 7.20. The van der Waals surface area contributed by atoms with E-state index in [0.29, 0.717) is 0 Å². The van der Waals surface area contributed by atoms with Gasteiger partial charge >= 0.3 is 0 Å². The molecule has 2 heterocycles. The second-order valence-electron chi connectivity index (χ2n) is 5.50. The zero-order valence-corrected chi connectivity index (χ0v) is 12.8. The molecule has 3 aromatic rings. The Bertz CT molecular complexity index is 791. The van der Waals surface area contributed by atoms with Gasteiger partial charge in [0.05, 0.1) is 17.1 Å². The van der Waals surface area contributed by atoms with E-state index < -0.39 is 0 Å². The Morgan fingerprint density at radius 1 is 1.09 bits per heavy atom. The summed E-state index contributed by atoms with van der Waals surface area (Å²) in [7, 11) is 0. The van der Waals surface area contributed by atoms with Crippen LogP contribution in [-0.4, -0.2) is 19.7 Å². The lowest BCUT2D eigenvalue weighted by atomic mass is 10.1. The Balaban J connectivity index is 2.02. The van der Waals surface area contributed by atoms with Crippen molar-refractivity contribution in [2.75, 3.05) is 0 Å². The monoisotopic (exact) mass is 296 g/mol. The van der Waals surface area contributed by atoms with E-state index in [0.717, 1.165) is 28.5 Å². The van der Waals surface area contributed by atoms with Crippen LogP contribution in [0.1, 0.15) is 31.3 Å². The fraction of sp³-hybridized carbons (Fsp3) is 0.235. The van der Waals surface area contributed by atoms with E-state index in [2.05, 4.69) is 28.9 Å². The first-order chi connectivity index (χ1) is 10.5. The fourth-order valence-corrected chi connectivity index (χ4v) is 2.24. The van der Waals surface area contributed by atoms with Gasteiger partial charge in [0.2, 0.25) is 0 Å². The zero-order valence-electron chi connectivity index (χ0n) is 12.8. The SMILES string of the molecule is Cc1nn(-c2ccc(F)cc2)cc1-c1ccnc(C(C)C)n1. The lowest BCUT2D eigenvalue weighted by Gasteiger charge is -2.05. The Kier molecular flexibility index (Phi) is 3.71. The van der Waals surface area contributed by atoms with E-state index >= 15 is 0 Å². The molecule has 0 N–H and O–H groups in total. The number of aryl methyl sites for hydroxylation is 1. The third kappa shape index (κ3) is 2.74. The third-order valence-electron chi connectivity index (χ3n) is 3.46. The topological polar surface area (TPSA) is 43.6 Å². The molecule has 2 aromatic heterocycles. The summed E-state index contributed by atoms with van der Waals surface area (Å²) in [4.78, 5) is 8.89. The standard InChI is InChI=1S/C17H17FN4/c1-11(2)17-19-9-8-16(20-17)15-10-22(21-12(15)3)14-6-4-13(18)5-7-14/h4-11H,1-3H3. The van der Waals surface area contributed by atoms with Gasteiger partial charge in [0.1, 0.15) is 11.6 Å². The predicted molar refractivity (Wildman–Crippen MR) is 83.4 cm³/mol. The summed E-state index contributed by atoms with van der Waals surface area (Å²) in [5.41, 5.74) is 3.49. The van der Waals surface area contributed by atoms with Gasteiger partial charge in [-0.3, -0.25) is 0 Å². The van der Waals surface area contributed by atoms with Gasteiger partial charge in [0, 0.05) is 23.9 Å². The lowest BCUT2D eigenvalue weighted by Crippen LogP contribution is -1.98. The first-order valence-corrected chi connectivity index (χ1v) is 7.20. The molecular formula is C17H17FN4. The largest absolute Gasteiger partial charge is 0.241 e. The van der Waals surface area contributed by atoms with Crippen LogP contribution in [-0.2, 0) is 0 Å². The zero-order chi connectivity index (χ0) is 15.7. The molecular weight excluding hydrogens is 279 g/mol. The van der Waals surface area contributed by atoms with Crippen molar-refractivity contribution < 1.29 is 4.39 Å². The normalized spacial score (nSPS) is 11.1. The number of hydrogen-bond donors (Lipinski definition) is 0. The Hall–Kier alpha value is -2.56. The molecule has 22 heavy (non-hydrogen) atoms. The Morgan fingerprint density at radius 3 is 2.50 bits per heavy atom. The minimum Gasteiger partial charge on any atom is -0.241 e. The predicted octanol–water partition coefficient (Wildman–Crippen LogP) is 3.90. The summed E-state index contributed by atoms with van der Waals surface area (Å²) in [6.45, 7) is 6.06. The van der Waals surface area contributed by atoms with E-state index in [1.54, 1.807) is 23.0 Å². The lowest BCUT2D eigenvalue weighted by molar-refractivity contribution is 0.627. The van der Waals surface area contributed by atoms with Gasteiger partial charge in [-0.05, 0) is 37.3 Å². The molecule has 0 saturated heterocycles.